The van der Waals surface area contributed by atoms with Crippen LogP contribution < -0.4 is 0 Å². The van der Waals surface area contributed by atoms with Crippen molar-refractivity contribution in [3.05, 3.63) is 52.6 Å². The number of hydrogen-bond donors (Lipinski definition) is 1. The number of nitrogens with zero attached hydrogens (tertiary/aromatic N) is 3. The molecule has 0 bridgehead atoms. The molecule has 3 aliphatic rings. The third-order valence-corrected chi connectivity index (χ3v) is 6.81. The smallest absolute Gasteiger partial charge is 0.243 e. The number of nitrogens with one attached hydrogen (secondary N) is 1. The Hall–Kier alpha value is -1.85. The van der Waals surface area contributed by atoms with E-state index in [-0.39, 0.29) is 11.6 Å². The predicted octanol–water partition coefficient (Wildman–Crippen LogP) is 3.31. The van der Waals surface area contributed by atoms with E-state index in [0.29, 0.717) is 18.4 Å². The van der Waals surface area contributed by atoms with Crippen molar-refractivity contribution in [2.45, 2.75) is 44.3 Å². The Morgan fingerprint density at radius 2 is 2.31 bits per heavy atom. The van der Waals surface area contributed by atoms with Gasteiger partial charge in [-0.1, -0.05) is 23.7 Å². The summed E-state index contributed by atoms with van der Waals surface area (Å²) < 4.78 is 0. The second-order valence-electron chi connectivity index (χ2n) is 7.90. The molecule has 0 aliphatic carbocycles. The highest BCUT2D eigenvalue weighted by molar-refractivity contribution is 6.30. The van der Waals surface area contributed by atoms with Crippen molar-refractivity contribution in [2.24, 2.45) is 5.92 Å². The number of hydrogen-bond acceptors (Lipinski definition) is 3. The van der Waals surface area contributed by atoms with Gasteiger partial charge in [0.25, 0.3) is 0 Å². The zero-order valence-electron chi connectivity index (χ0n) is 14.9. The van der Waals surface area contributed by atoms with Crippen LogP contribution >= 0.6 is 11.6 Å². The molecule has 0 radical (unpaired) electrons. The lowest BCUT2D eigenvalue weighted by Crippen LogP contribution is -2.49. The largest absolute Gasteiger partial charge is 0.348 e. The first-order chi connectivity index (χ1) is 12.6. The summed E-state index contributed by atoms with van der Waals surface area (Å²) in [6, 6.07) is 8.11. The van der Waals surface area contributed by atoms with Gasteiger partial charge < -0.3 is 9.88 Å². The SMILES string of the molecule is Cc1[nH]cnc1[C@@H]1C[C@H]2CN(Cc3cccc(Cl)c3)C(=O)[C@]23CCCN13. The Balaban J connectivity index is 1.44. The lowest BCUT2D eigenvalue weighted by atomic mass is 9.85. The van der Waals surface area contributed by atoms with Crippen molar-refractivity contribution in [1.29, 1.82) is 0 Å². The maximum atomic E-state index is 13.5. The van der Waals surface area contributed by atoms with Gasteiger partial charge in [0.05, 0.1) is 18.1 Å². The van der Waals surface area contributed by atoms with Crippen molar-refractivity contribution < 1.29 is 4.79 Å². The lowest BCUT2D eigenvalue weighted by molar-refractivity contribution is -0.137. The van der Waals surface area contributed by atoms with Gasteiger partial charge in [0.1, 0.15) is 5.54 Å². The van der Waals surface area contributed by atoms with E-state index >= 15 is 0 Å². The summed E-state index contributed by atoms with van der Waals surface area (Å²) in [6.45, 7) is 4.55. The lowest BCUT2D eigenvalue weighted by Gasteiger charge is -2.33. The fraction of sp³-hybridized carbons (Fsp3) is 0.500. The average molecular weight is 371 g/mol. The number of halogens is 1. The number of H-pyrrole nitrogens is 1. The fourth-order valence-corrected chi connectivity index (χ4v) is 5.75. The van der Waals surface area contributed by atoms with Crippen LogP contribution in [0.15, 0.2) is 30.6 Å². The van der Waals surface area contributed by atoms with Gasteiger partial charge in [-0.3, -0.25) is 9.69 Å². The van der Waals surface area contributed by atoms with E-state index in [1.165, 1.54) is 0 Å². The van der Waals surface area contributed by atoms with Crippen molar-refractivity contribution in [3.63, 3.8) is 0 Å². The molecule has 0 saturated carbocycles. The summed E-state index contributed by atoms with van der Waals surface area (Å²) in [4.78, 5) is 25.8. The van der Waals surface area contributed by atoms with Crippen molar-refractivity contribution >= 4 is 17.5 Å². The quantitative estimate of drug-likeness (QED) is 0.901. The van der Waals surface area contributed by atoms with E-state index in [4.69, 9.17) is 11.6 Å². The average Bonchev–Trinajstić information content (AvgIpc) is 3.33. The van der Waals surface area contributed by atoms with Crippen LogP contribution in [0.1, 0.15) is 42.3 Å². The van der Waals surface area contributed by atoms with Crippen molar-refractivity contribution in [2.75, 3.05) is 13.1 Å². The molecule has 3 saturated heterocycles. The molecule has 3 aliphatic heterocycles. The summed E-state index contributed by atoms with van der Waals surface area (Å²) in [7, 11) is 0. The molecule has 1 aromatic carbocycles. The number of carbonyl (C=O) groups excluding carboxylic acids is 1. The van der Waals surface area contributed by atoms with Crippen LogP contribution in [0.4, 0.5) is 0 Å². The molecule has 1 amide bonds. The van der Waals surface area contributed by atoms with Crippen LogP contribution in [0.5, 0.6) is 0 Å². The van der Waals surface area contributed by atoms with Crippen molar-refractivity contribution in [1.82, 2.24) is 19.8 Å². The van der Waals surface area contributed by atoms with E-state index in [1.54, 1.807) is 6.33 Å². The van der Waals surface area contributed by atoms with Gasteiger partial charge in [0.2, 0.25) is 5.91 Å². The molecule has 1 N–H and O–H groups in total. The van der Waals surface area contributed by atoms with Crippen LogP contribution in [0.25, 0.3) is 0 Å². The third-order valence-electron chi connectivity index (χ3n) is 6.57. The van der Waals surface area contributed by atoms with Crippen LogP contribution in [0.2, 0.25) is 5.02 Å². The van der Waals surface area contributed by atoms with E-state index in [9.17, 15) is 4.79 Å². The number of amides is 1. The molecule has 0 unspecified atom stereocenters. The zero-order chi connectivity index (χ0) is 17.9. The van der Waals surface area contributed by atoms with Gasteiger partial charge in [-0.15, -0.1) is 0 Å². The highest BCUT2D eigenvalue weighted by Crippen LogP contribution is 2.56. The van der Waals surface area contributed by atoms with E-state index in [0.717, 1.165) is 54.3 Å². The minimum atomic E-state index is -0.311. The molecule has 5 nitrogen and oxygen atoms in total. The predicted molar refractivity (Wildman–Crippen MR) is 99.7 cm³/mol. The Morgan fingerprint density at radius 3 is 3.08 bits per heavy atom. The topological polar surface area (TPSA) is 52.2 Å². The molecule has 1 spiro atoms. The molecule has 1 aromatic heterocycles. The van der Waals surface area contributed by atoms with Gasteiger partial charge in [-0.05, 0) is 50.4 Å². The van der Waals surface area contributed by atoms with Gasteiger partial charge in [0, 0.05) is 29.7 Å². The number of benzene rings is 1. The van der Waals surface area contributed by atoms with Gasteiger partial charge in [0.15, 0.2) is 0 Å². The Bertz CT molecular complexity index is 865. The number of rotatable bonds is 3. The van der Waals surface area contributed by atoms with E-state index in [2.05, 4.69) is 21.8 Å². The van der Waals surface area contributed by atoms with Crippen LogP contribution in [0.3, 0.4) is 0 Å². The Morgan fingerprint density at radius 1 is 1.42 bits per heavy atom. The summed E-state index contributed by atoms with van der Waals surface area (Å²) in [5, 5.41) is 0.726. The number of carbonyl (C=O) groups is 1. The monoisotopic (exact) mass is 370 g/mol. The number of imidazole rings is 1. The molecule has 26 heavy (non-hydrogen) atoms. The number of aryl methyl sites for hydroxylation is 1. The molecule has 3 atom stereocenters. The summed E-state index contributed by atoms with van der Waals surface area (Å²) >= 11 is 6.12. The zero-order valence-corrected chi connectivity index (χ0v) is 15.7. The number of aromatic nitrogens is 2. The first kappa shape index (κ1) is 16.3. The highest BCUT2D eigenvalue weighted by Gasteiger charge is 2.65. The van der Waals surface area contributed by atoms with E-state index in [1.807, 2.05) is 29.2 Å². The maximum absolute atomic E-state index is 13.5. The minimum Gasteiger partial charge on any atom is -0.348 e. The minimum absolute atomic E-state index is 0.269. The molecule has 2 aromatic rings. The molecule has 136 valence electrons. The number of likely N-dealkylation sites (tertiary alicyclic amines) is 1. The van der Waals surface area contributed by atoms with Gasteiger partial charge >= 0.3 is 0 Å². The first-order valence-electron chi connectivity index (χ1n) is 9.40. The number of aromatic amines is 1. The Labute approximate surface area is 158 Å². The molecular formula is C20H23ClN4O. The van der Waals surface area contributed by atoms with Crippen LogP contribution in [-0.2, 0) is 11.3 Å². The third kappa shape index (κ3) is 2.20. The van der Waals surface area contributed by atoms with Gasteiger partial charge in [-0.25, -0.2) is 4.98 Å². The Kier molecular flexibility index (Phi) is 3.66. The first-order valence-corrected chi connectivity index (χ1v) is 9.78. The van der Waals surface area contributed by atoms with Crippen molar-refractivity contribution in [3.8, 4) is 0 Å². The highest BCUT2D eigenvalue weighted by atomic mass is 35.5. The molecular weight excluding hydrogens is 348 g/mol. The molecule has 5 rings (SSSR count). The second-order valence-corrected chi connectivity index (χ2v) is 8.33. The molecule has 6 heteroatoms. The van der Waals surface area contributed by atoms with Crippen LogP contribution in [0, 0.1) is 12.8 Å². The molecule has 4 heterocycles. The van der Waals surface area contributed by atoms with Gasteiger partial charge in [-0.2, -0.15) is 0 Å². The summed E-state index contributed by atoms with van der Waals surface area (Å²) in [6.07, 6.45) is 4.86. The summed E-state index contributed by atoms with van der Waals surface area (Å²) in [5.41, 5.74) is 3.04. The second kappa shape index (κ2) is 5.83. The normalized spacial score (nSPS) is 30.8. The maximum Gasteiger partial charge on any atom is 0.243 e. The standard InChI is InChI=1S/C20H23ClN4O/c1-13-18(23-12-22-13)17-9-15-11-24(10-14-4-2-5-16(21)8-14)19(26)20(15)6-3-7-25(17)20/h2,4-5,8,12,15,17H,3,6-7,9-11H2,1H3,(H,22,23)/t15-,17-,20-/m0/s1. The van der Waals surface area contributed by atoms with Crippen LogP contribution in [-0.4, -0.2) is 44.3 Å². The molecule has 3 fully saturated rings. The summed E-state index contributed by atoms with van der Waals surface area (Å²) in [5.74, 6) is 0.688. The fourth-order valence-electron chi connectivity index (χ4n) is 5.54. The van der Waals surface area contributed by atoms with E-state index < -0.39 is 0 Å².